The standard InChI is InChI=1S/C14H11ClO3/c1-8-2-3-10(7-12(8)15)9-4-5-13(16)11(6-9)14(17)18/h2-7,16H,1H3,(H,17,18). The van der Waals surface area contributed by atoms with Crippen LogP contribution in [0.15, 0.2) is 36.4 Å². The molecule has 0 saturated heterocycles. The molecule has 0 saturated carbocycles. The minimum Gasteiger partial charge on any atom is -0.507 e. The fraction of sp³-hybridized carbons (Fsp3) is 0.0714. The third-order valence-electron chi connectivity index (χ3n) is 2.73. The van der Waals surface area contributed by atoms with Gasteiger partial charge in [-0.2, -0.15) is 0 Å². The van der Waals surface area contributed by atoms with Crippen LogP contribution in [0.25, 0.3) is 11.1 Å². The second kappa shape index (κ2) is 4.70. The Balaban J connectivity index is 2.54. The molecule has 0 aliphatic heterocycles. The van der Waals surface area contributed by atoms with Gasteiger partial charge in [0, 0.05) is 5.02 Å². The number of halogens is 1. The van der Waals surface area contributed by atoms with E-state index >= 15 is 0 Å². The molecular formula is C14H11ClO3. The predicted octanol–water partition coefficient (Wildman–Crippen LogP) is 3.72. The van der Waals surface area contributed by atoms with Gasteiger partial charge in [-0.05, 0) is 41.8 Å². The number of hydrogen-bond acceptors (Lipinski definition) is 2. The first-order valence-electron chi connectivity index (χ1n) is 5.32. The van der Waals surface area contributed by atoms with Gasteiger partial charge in [0.05, 0.1) is 0 Å². The van der Waals surface area contributed by atoms with Crippen molar-refractivity contribution >= 4 is 17.6 Å². The van der Waals surface area contributed by atoms with Gasteiger partial charge in [-0.25, -0.2) is 4.79 Å². The number of aryl methyl sites for hydroxylation is 1. The number of rotatable bonds is 2. The van der Waals surface area contributed by atoms with Crippen molar-refractivity contribution < 1.29 is 15.0 Å². The van der Waals surface area contributed by atoms with Gasteiger partial charge in [0.1, 0.15) is 11.3 Å². The average molecular weight is 263 g/mol. The van der Waals surface area contributed by atoms with Gasteiger partial charge in [0.25, 0.3) is 0 Å². The topological polar surface area (TPSA) is 57.5 Å². The molecule has 0 amide bonds. The number of phenols is 1. The maximum Gasteiger partial charge on any atom is 0.339 e. The van der Waals surface area contributed by atoms with Crippen molar-refractivity contribution in [1.29, 1.82) is 0 Å². The van der Waals surface area contributed by atoms with Crippen LogP contribution in [0.4, 0.5) is 0 Å². The van der Waals surface area contributed by atoms with Gasteiger partial charge >= 0.3 is 5.97 Å². The second-order valence-electron chi connectivity index (χ2n) is 4.00. The molecule has 2 rings (SSSR count). The van der Waals surface area contributed by atoms with Gasteiger partial charge in [-0.3, -0.25) is 0 Å². The van der Waals surface area contributed by atoms with Crippen molar-refractivity contribution in [1.82, 2.24) is 0 Å². The molecule has 2 aromatic carbocycles. The number of aromatic hydroxyl groups is 1. The van der Waals surface area contributed by atoms with E-state index in [9.17, 15) is 9.90 Å². The van der Waals surface area contributed by atoms with Crippen LogP contribution in [-0.2, 0) is 0 Å². The zero-order valence-electron chi connectivity index (χ0n) is 9.64. The first-order chi connectivity index (χ1) is 8.49. The van der Waals surface area contributed by atoms with E-state index < -0.39 is 5.97 Å². The lowest BCUT2D eigenvalue weighted by atomic mass is 10.0. The minimum absolute atomic E-state index is 0.121. The molecule has 0 aromatic heterocycles. The lowest BCUT2D eigenvalue weighted by Crippen LogP contribution is -1.97. The predicted molar refractivity (Wildman–Crippen MR) is 70.2 cm³/mol. The number of carbonyl (C=O) groups is 1. The number of carboxylic acids is 1. The summed E-state index contributed by atoms with van der Waals surface area (Å²) >= 11 is 6.03. The zero-order valence-corrected chi connectivity index (χ0v) is 10.4. The van der Waals surface area contributed by atoms with E-state index in [1.54, 1.807) is 12.1 Å². The van der Waals surface area contributed by atoms with Crippen LogP contribution >= 0.6 is 11.6 Å². The Morgan fingerprint density at radius 2 is 1.72 bits per heavy atom. The summed E-state index contributed by atoms with van der Waals surface area (Å²) in [6.45, 7) is 1.89. The molecule has 92 valence electrons. The molecule has 0 heterocycles. The van der Waals surface area contributed by atoms with E-state index in [1.165, 1.54) is 12.1 Å². The molecule has 4 heteroatoms. The Bertz CT molecular complexity index is 620. The van der Waals surface area contributed by atoms with E-state index in [4.69, 9.17) is 16.7 Å². The summed E-state index contributed by atoms with van der Waals surface area (Å²) in [4.78, 5) is 10.9. The molecule has 2 aromatic rings. The Morgan fingerprint density at radius 3 is 2.33 bits per heavy atom. The summed E-state index contributed by atoms with van der Waals surface area (Å²) in [5, 5.41) is 19.0. The lowest BCUT2D eigenvalue weighted by molar-refractivity contribution is 0.0694. The normalized spacial score (nSPS) is 10.3. The third-order valence-corrected chi connectivity index (χ3v) is 3.14. The van der Waals surface area contributed by atoms with Crippen molar-refractivity contribution in [2.45, 2.75) is 6.92 Å². The SMILES string of the molecule is Cc1ccc(-c2ccc(O)c(C(=O)O)c2)cc1Cl. The number of hydrogen-bond donors (Lipinski definition) is 2. The average Bonchev–Trinajstić information content (AvgIpc) is 2.33. The van der Waals surface area contributed by atoms with E-state index in [-0.39, 0.29) is 11.3 Å². The van der Waals surface area contributed by atoms with E-state index in [1.807, 2.05) is 19.1 Å². The molecular weight excluding hydrogens is 252 g/mol. The third kappa shape index (κ3) is 2.31. The van der Waals surface area contributed by atoms with Crippen molar-refractivity contribution in [3.8, 4) is 16.9 Å². The monoisotopic (exact) mass is 262 g/mol. The summed E-state index contributed by atoms with van der Waals surface area (Å²) < 4.78 is 0. The first-order valence-corrected chi connectivity index (χ1v) is 5.69. The van der Waals surface area contributed by atoms with Crippen molar-refractivity contribution in [2.24, 2.45) is 0 Å². The minimum atomic E-state index is -1.16. The molecule has 0 unspecified atom stereocenters. The highest BCUT2D eigenvalue weighted by Crippen LogP contribution is 2.28. The quantitative estimate of drug-likeness (QED) is 0.867. The summed E-state index contributed by atoms with van der Waals surface area (Å²) in [6, 6.07) is 9.95. The van der Waals surface area contributed by atoms with Crippen LogP contribution < -0.4 is 0 Å². The number of carboxylic acid groups (broad SMARTS) is 1. The molecule has 0 aliphatic rings. The van der Waals surface area contributed by atoms with Crippen LogP contribution in [0.5, 0.6) is 5.75 Å². The Morgan fingerprint density at radius 1 is 1.11 bits per heavy atom. The van der Waals surface area contributed by atoms with Crippen molar-refractivity contribution in [3.05, 3.63) is 52.5 Å². The molecule has 0 bridgehead atoms. The Kier molecular flexibility index (Phi) is 3.26. The van der Waals surface area contributed by atoms with Crippen LogP contribution in [0.3, 0.4) is 0 Å². The van der Waals surface area contributed by atoms with Crippen LogP contribution in [0.2, 0.25) is 5.02 Å². The Labute approximate surface area is 109 Å². The molecule has 0 atom stereocenters. The summed E-state index contributed by atoms with van der Waals surface area (Å²) in [6.07, 6.45) is 0. The molecule has 0 radical (unpaired) electrons. The van der Waals surface area contributed by atoms with Gasteiger partial charge < -0.3 is 10.2 Å². The summed E-state index contributed by atoms with van der Waals surface area (Å²) in [5.74, 6) is -1.41. The maximum absolute atomic E-state index is 10.9. The van der Waals surface area contributed by atoms with Gasteiger partial charge in [-0.15, -0.1) is 0 Å². The molecule has 0 fully saturated rings. The highest BCUT2D eigenvalue weighted by molar-refractivity contribution is 6.31. The highest BCUT2D eigenvalue weighted by atomic mass is 35.5. The van der Waals surface area contributed by atoms with E-state index in [0.717, 1.165) is 11.1 Å². The number of aromatic carboxylic acids is 1. The number of benzene rings is 2. The molecule has 0 spiro atoms. The fourth-order valence-electron chi connectivity index (χ4n) is 1.66. The van der Waals surface area contributed by atoms with E-state index in [2.05, 4.69) is 0 Å². The fourth-order valence-corrected chi connectivity index (χ4v) is 1.84. The molecule has 0 aliphatic carbocycles. The largest absolute Gasteiger partial charge is 0.507 e. The highest BCUT2D eigenvalue weighted by Gasteiger charge is 2.11. The maximum atomic E-state index is 10.9. The first kappa shape index (κ1) is 12.5. The van der Waals surface area contributed by atoms with Crippen LogP contribution in [0, 0.1) is 6.92 Å². The summed E-state index contributed by atoms with van der Waals surface area (Å²) in [7, 11) is 0. The van der Waals surface area contributed by atoms with Crippen molar-refractivity contribution in [3.63, 3.8) is 0 Å². The molecule has 18 heavy (non-hydrogen) atoms. The zero-order chi connectivity index (χ0) is 13.3. The van der Waals surface area contributed by atoms with E-state index in [0.29, 0.717) is 10.6 Å². The Hall–Kier alpha value is -2.00. The van der Waals surface area contributed by atoms with Crippen molar-refractivity contribution in [2.75, 3.05) is 0 Å². The van der Waals surface area contributed by atoms with Gasteiger partial charge in [0.2, 0.25) is 0 Å². The molecule has 2 N–H and O–H groups in total. The van der Waals surface area contributed by atoms with Gasteiger partial charge in [0.15, 0.2) is 0 Å². The van der Waals surface area contributed by atoms with Crippen LogP contribution in [-0.4, -0.2) is 16.2 Å². The molecule has 3 nitrogen and oxygen atoms in total. The summed E-state index contributed by atoms with van der Waals surface area (Å²) in [5.41, 5.74) is 2.35. The van der Waals surface area contributed by atoms with Crippen LogP contribution in [0.1, 0.15) is 15.9 Å². The van der Waals surface area contributed by atoms with Gasteiger partial charge in [-0.1, -0.05) is 29.8 Å². The second-order valence-corrected chi connectivity index (χ2v) is 4.41. The smallest absolute Gasteiger partial charge is 0.339 e. The lowest BCUT2D eigenvalue weighted by Gasteiger charge is -2.06.